The van der Waals surface area contributed by atoms with Gasteiger partial charge in [-0.3, -0.25) is 24.0 Å². The summed E-state index contributed by atoms with van der Waals surface area (Å²) in [5.74, 6) is -5.13. The van der Waals surface area contributed by atoms with Gasteiger partial charge in [-0.15, -0.1) is 0 Å². The lowest BCUT2D eigenvalue weighted by molar-refractivity contribution is -0.249. The van der Waals surface area contributed by atoms with Crippen LogP contribution in [0.25, 0.3) is 0 Å². The van der Waals surface area contributed by atoms with E-state index in [-0.39, 0.29) is 40.8 Å². The predicted molar refractivity (Wildman–Crippen MR) is 177 cm³/mol. The van der Waals surface area contributed by atoms with Gasteiger partial charge in [0.05, 0.1) is 42.1 Å². The van der Waals surface area contributed by atoms with Crippen LogP contribution in [0.4, 0.5) is 0 Å². The summed E-state index contributed by atoms with van der Waals surface area (Å²) in [4.78, 5) is 63.2. The predicted octanol–water partition coefficient (Wildman–Crippen LogP) is 1.25. The number of rotatable bonds is 13. The summed E-state index contributed by atoms with van der Waals surface area (Å²) in [6.45, 7) is 3.34. The van der Waals surface area contributed by atoms with Gasteiger partial charge in [-0.2, -0.15) is 0 Å². The molecule has 2 aromatic carbocycles. The van der Waals surface area contributed by atoms with Gasteiger partial charge in [0.1, 0.15) is 29.5 Å². The van der Waals surface area contributed by atoms with Crippen molar-refractivity contribution in [2.75, 3.05) is 20.3 Å². The van der Waals surface area contributed by atoms with E-state index in [1.807, 2.05) is 0 Å². The number of phenols is 2. The van der Waals surface area contributed by atoms with Crippen molar-refractivity contribution < 1.29 is 73.2 Å². The van der Waals surface area contributed by atoms with E-state index in [0.29, 0.717) is 19.4 Å². The van der Waals surface area contributed by atoms with Crippen molar-refractivity contribution in [1.29, 1.82) is 0 Å². The van der Waals surface area contributed by atoms with E-state index in [9.17, 15) is 49.5 Å². The Morgan fingerprint density at radius 3 is 2.33 bits per heavy atom. The van der Waals surface area contributed by atoms with Crippen molar-refractivity contribution in [1.82, 2.24) is 5.32 Å². The van der Waals surface area contributed by atoms with Gasteiger partial charge in [-0.25, -0.2) is 0 Å². The number of carbonyl (C=O) groups excluding carboxylic acids is 5. The van der Waals surface area contributed by atoms with E-state index < -0.39 is 114 Å². The fourth-order valence-electron chi connectivity index (χ4n) is 7.15. The first kappa shape index (κ1) is 38.8. The van der Waals surface area contributed by atoms with Crippen LogP contribution < -0.4 is 10.1 Å². The minimum atomic E-state index is -2.30. The van der Waals surface area contributed by atoms with E-state index in [0.717, 1.165) is 0 Å². The first-order valence-corrected chi connectivity index (χ1v) is 16.9. The molecule has 52 heavy (non-hydrogen) atoms. The van der Waals surface area contributed by atoms with Crippen LogP contribution in [0.5, 0.6) is 17.2 Å². The topological polar surface area (TPSA) is 245 Å². The van der Waals surface area contributed by atoms with Gasteiger partial charge < -0.3 is 54.5 Å². The first-order valence-electron chi connectivity index (χ1n) is 16.9. The Labute approximate surface area is 298 Å². The number of methoxy groups -OCH3 is 1. The first-order chi connectivity index (χ1) is 24.6. The van der Waals surface area contributed by atoms with Crippen LogP contribution in [0.2, 0.25) is 0 Å². The number of hydrogen-bond donors (Lipinski definition) is 6. The molecule has 5 rings (SSSR count). The van der Waals surface area contributed by atoms with Crippen LogP contribution >= 0.6 is 0 Å². The van der Waals surface area contributed by atoms with Gasteiger partial charge in [0.2, 0.25) is 12.1 Å². The third-order valence-corrected chi connectivity index (χ3v) is 9.63. The zero-order valence-electron chi connectivity index (χ0n) is 29.2. The third kappa shape index (κ3) is 7.53. The molecule has 0 saturated carbocycles. The molecule has 282 valence electrons. The molecule has 0 bridgehead atoms. The highest BCUT2D eigenvalue weighted by atomic mass is 16.7. The molecule has 16 heteroatoms. The van der Waals surface area contributed by atoms with E-state index in [4.69, 9.17) is 23.7 Å². The van der Waals surface area contributed by atoms with Crippen LogP contribution in [-0.4, -0.2) is 112 Å². The van der Waals surface area contributed by atoms with Crippen molar-refractivity contribution in [3.05, 3.63) is 51.6 Å². The molecule has 0 radical (unpaired) electrons. The zero-order valence-corrected chi connectivity index (χ0v) is 29.2. The van der Waals surface area contributed by atoms with Gasteiger partial charge in [0.15, 0.2) is 17.9 Å². The molecule has 0 amide bonds. The highest BCUT2D eigenvalue weighted by molar-refractivity contribution is 6.31. The standard InChI is InChI=1S/C36H43NO15/c1-16-31(42)21(37-11-6-5-10-25(50-17(2)39)51-18(3)40)12-26(49-16)52-23-14-36(47,24(41)15-38)13-20-28(23)35(46)30-29(33(20)44)32(43)19-8-7-9-22(48-4)27(19)34(30)45/h7-9,16,21,23,25-26,31,37-38,42,44,46-47H,5-6,10-15H2,1-4H3/t16-,21-,23-,26?,31?,36-/m0/s1. The summed E-state index contributed by atoms with van der Waals surface area (Å²) in [5.41, 5.74) is -3.87. The number of esters is 2. The maximum atomic E-state index is 13.9. The molecular weight excluding hydrogens is 686 g/mol. The molecule has 6 atom stereocenters. The van der Waals surface area contributed by atoms with E-state index >= 15 is 0 Å². The minimum absolute atomic E-state index is 0.0346. The summed E-state index contributed by atoms with van der Waals surface area (Å²) >= 11 is 0. The van der Waals surface area contributed by atoms with Crippen LogP contribution in [0.3, 0.4) is 0 Å². The molecule has 2 aliphatic carbocycles. The molecule has 1 heterocycles. The normalized spacial score (nSPS) is 25.2. The number of unbranched alkanes of at least 4 members (excludes halogenated alkanes) is 1. The molecular formula is C36H43NO15. The Hall–Kier alpha value is -4.45. The van der Waals surface area contributed by atoms with E-state index in [2.05, 4.69) is 5.32 Å². The van der Waals surface area contributed by atoms with Crippen LogP contribution in [0.1, 0.15) is 102 Å². The van der Waals surface area contributed by atoms with Crippen LogP contribution in [-0.2, 0) is 39.8 Å². The second-order valence-electron chi connectivity index (χ2n) is 13.2. The van der Waals surface area contributed by atoms with Crippen molar-refractivity contribution in [3.63, 3.8) is 0 Å². The highest BCUT2D eigenvalue weighted by Crippen LogP contribution is 2.52. The summed E-state index contributed by atoms with van der Waals surface area (Å²) in [6, 6.07) is 3.74. The average molecular weight is 730 g/mol. The summed E-state index contributed by atoms with van der Waals surface area (Å²) in [7, 11) is 1.31. The molecule has 0 aromatic heterocycles. The molecule has 1 saturated heterocycles. The summed E-state index contributed by atoms with van der Waals surface area (Å²) in [6.07, 6.45) is -5.15. The lowest BCUT2D eigenvalue weighted by Gasteiger charge is -2.43. The minimum Gasteiger partial charge on any atom is -0.507 e. The quantitative estimate of drug-likeness (QED) is 0.0627. The number of hydrogen-bond acceptors (Lipinski definition) is 16. The lowest BCUT2D eigenvalue weighted by atomic mass is 9.72. The number of nitrogens with one attached hydrogen (secondary N) is 1. The number of aromatic hydroxyl groups is 2. The number of aliphatic hydroxyl groups is 3. The van der Waals surface area contributed by atoms with Crippen LogP contribution in [0.15, 0.2) is 18.2 Å². The number of fused-ring (bicyclic) bond motifs is 3. The lowest BCUT2D eigenvalue weighted by Crippen LogP contribution is -2.54. The van der Waals surface area contributed by atoms with E-state index in [1.165, 1.54) is 39.2 Å². The number of aliphatic hydroxyl groups excluding tert-OH is 2. The molecule has 6 N–H and O–H groups in total. The molecule has 2 unspecified atom stereocenters. The monoisotopic (exact) mass is 729 g/mol. The zero-order chi connectivity index (χ0) is 38.1. The van der Waals surface area contributed by atoms with Gasteiger partial charge >= 0.3 is 11.9 Å². The summed E-state index contributed by atoms with van der Waals surface area (Å²) in [5, 5.41) is 58.6. The van der Waals surface area contributed by atoms with Gasteiger partial charge in [0, 0.05) is 62.3 Å². The number of phenolic OH excluding ortho intramolecular Hbond substituents is 2. The maximum Gasteiger partial charge on any atom is 0.305 e. The van der Waals surface area contributed by atoms with E-state index in [1.54, 1.807) is 6.92 Å². The number of Topliss-reactive ketones (excluding diaryl/α,β-unsaturated/α-hetero) is 1. The average Bonchev–Trinajstić information content (AvgIpc) is 3.08. The van der Waals surface area contributed by atoms with Gasteiger partial charge in [0.25, 0.3) is 0 Å². The van der Waals surface area contributed by atoms with Crippen molar-refractivity contribution in [3.8, 4) is 17.2 Å². The Morgan fingerprint density at radius 1 is 1.02 bits per heavy atom. The molecule has 16 nitrogen and oxygen atoms in total. The van der Waals surface area contributed by atoms with Gasteiger partial charge in [-0.1, -0.05) is 12.1 Å². The van der Waals surface area contributed by atoms with Crippen molar-refractivity contribution in [2.24, 2.45) is 0 Å². The Morgan fingerprint density at radius 2 is 1.69 bits per heavy atom. The van der Waals surface area contributed by atoms with Crippen molar-refractivity contribution >= 4 is 29.3 Å². The molecule has 2 aromatic rings. The van der Waals surface area contributed by atoms with Crippen LogP contribution in [0, 0.1) is 0 Å². The fourth-order valence-corrected chi connectivity index (χ4v) is 7.15. The molecule has 0 spiro atoms. The fraction of sp³-hybridized carbons (Fsp3) is 0.528. The number of ketones is 3. The molecule has 1 fully saturated rings. The highest BCUT2D eigenvalue weighted by Gasteiger charge is 2.50. The second-order valence-corrected chi connectivity index (χ2v) is 13.2. The van der Waals surface area contributed by atoms with Gasteiger partial charge in [-0.05, 0) is 32.4 Å². The van der Waals surface area contributed by atoms with Crippen molar-refractivity contribution in [2.45, 2.75) is 102 Å². The number of carbonyl (C=O) groups is 5. The SMILES string of the molecule is COc1cccc2c1C(=O)c1c(O)c3c(c(O)c1C2=O)C[C@@](O)(C(=O)CO)C[C@@H]3OC1C[C@H](NCCCCC(OC(C)=O)OC(C)=O)C(O)[C@H](C)O1. The smallest absolute Gasteiger partial charge is 0.305 e. The summed E-state index contributed by atoms with van der Waals surface area (Å²) < 4.78 is 27.5. The number of benzene rings is 2. The maximum absolute atomic E-state index is 13.9. The number of ether oxygens (including phenoxy) is 5. The second kappa shape index (κ2) is 15.7. The Kier molecular flexibility index (Phi) is 11.7. The molecule has 1 aliphatic heterocycles. The Balaban J connectivity index is 1.41. The molecule has 3 aliphatic rings. The third-order valence-electron chi connectivity index (χ3n) is 9.63. The Bertz CT molecular complexity index is 1740. The largest absolute Gasteiger partial charge is 0.507 e.